The Bertz CT molecular complexity index is 937. The van der Waals surface area contributed by atoms with Gasteiger partial charge in [-0.1, -0.05) is 23.8 Å². The second-order valence-corrected chi connectivity index (χ2v) is 9.40. The molecule has 0 bridgehead atoms. The fourth-order valence-corrected chi connectivity index (χ4v) is 5.08. The smallest absolute Gasteiger partial charge is 0.244 e. The van der Waals surface area contributed by atoms with Crippen molar-refractivity contribution in [2.75, 3.05) is 13.1 Å². The van der Waals surface area contributed by atoms with E-state index in [1.807, 2.05) is 20.8 Å². The zero-order chi connectivity index (χ0) is 20.3. The average molecular weight is 402 g/mol. The molecule has 0 radical (unpaired) electrons. The quantitative estimate of drug-likeness (QED) is 0.835. The summed E-state index contributed by atoms with van der Waals surface area (Å²) in [7, 11) is -3.55. The molecule has 1 saturated heterocycles. The van der Waals surface area contributed by atoms with Crippen LogP contribution in [0.2, 0.25) is 0 Å². The van der Waals surface area contributed by atoms with Gasteiger partial charge in [0, 0.05) is 31.4 Å². The summed E-state index contributed by atoms with van der Waals surface area (Å²) in [6.07, 6.45) is 3.95. The van der Waals surface area contributed by atoms with E-state index in [2.05, 4.69) is 28.5 Å². The molecular weight excluding hydrogens is 374 g/mol. The van der Waals surface area contributed by atoms with Gasteiger partial charge in [-0.2, -0.15) is 4.31 Å². The van der Waals surface area contributed by atoms with Gasteiger partial charge in [0.15, 0.2) is 0 Å². The van der Waals surface area contributed by atoms with Gasteiger partial charge in [-0.3, -0.25) is 9.78 Å². The molecule has 1 amide bonds. The van der Waals surface area contributed by atoms with Crippen LogP contribution in [0.5, 0.6) is 0 Å². The molecule has 1 aromatic carbocycles. The van der Waals surface area contributed by atoms with Crippen LogP contribution < -0.4 is 5.32 Å². The van der Waals surface area contributed by atoms with Gasteiger partial charge in [0.2, 0.25) is 15.9 Å². The molecule has 7 heteroatoms. The third kappa shape index (κ3) is 4.42. The zero-order valence-electron chi connectivity index (χ0n) is 16.6. The normalized spacial score (nSPS) is 17.2. The lowest BCUT2D eigenvalue weighted by Crippen LogP contribution is -2.43. The molecule has 0 aliphatic carbocycles. The number of sulfonamides is 1. The summed E-state index contributed by atoms with van der Waals surface area (Å²) in [5.41, 5.74) is 3.43. The first kappa shape index (κ1) is 20.5. The third-order valence-electron chi connectivity index (χ3n) is 5.36. The van der Waals surface area contributed by atoms with Gasteiger partial charge >= 0.3 is 0 Å². The number of carbonyl (C=O) groups is 1. The topological polar surface area (TPSA) is 79.4 Å². The van der Waals surface area contributed by atoms with Crippen molar-refractivity contribution in [2.45, 2.75) is 44.6 Å². The van der Waals surface area contributed by atoms with Crippen LogP contribution in [-0.4, -0.2) is 36.7 Å². The van der Waals surface area contributed by atoms with E-state index >= 15 is 0 Å². The van der Waals surface area contributed by atoms with Gasteiger partial charge in [-0.05, 0) is 56.9 Å². The molecule has 2 heterocycles. The molecule has 1 atom stereocenters. The predicted octanol–water partition coefficient (Wildman–Crippen LogP) is 2.98. The summed E-state index contributed by atoms with van der Waals surface area (Å²) in [6.45, 7) is 6.75. The zero-order valence-corrected chi connectivity index (χ0v) is 17.4. The van der Waals surface area contributed by atoms with Gasteiger partial charge in [0.25, 0.3) is 0 Å². The third-order valence-corrected chi connectivity index (χ3v) is 7.24. The Hall–Kier alpha value is -2.25. The van der Waals surface area contributed by atoms with Crippen LogP contribution in [0, 0.1) is 19.8 Å². The number of aromatic nitrogens is 1. The Morgan fingerprint density at radius 2 is 1.93 bits per heavy atom. The molecule has 150 valence electrons. The van der Waals surface area contributed by atoms with Crippen molar-refractivity contribution in [3.63, 3.8) is 0 Å². The minimum Gasteiger partial charge on any atom is -0.349 e. The predicted molar refractivity (Wildman–Crippen MR) is 108 cm³/mol. The van der Waals surface area contributed by atoms with Crippen molar-refractivity contribution in [3.05, 3.63) is 59.4 Å². The molecule has 1 aromatic heterocycles. The number of piperidine rings is 1. The molecule has 3 rings (SSSR count). The summed E-state index contributed by atoms with van der Waals surface area (Å²) in [5.74, 6) is -0.181. The molecule has 28 heavy (non-hydrogen) atoms. The highest BCUT2D eigenvalue weighted by molar-refractivity contribution is 7.89. The van der Waals surface area contributed by atoms with E-state index in [9.17, 15) is 13.2 Å². The maximum Gasteiger partial charge on any atom is 0.244 e. The lowest BCUT2D eigenvalue weighted by atomic mass is 9.95. The van der Waals surface area contributed by atoms with Crippen LogP contribution in [0.4, 0.5) is 0 Å². The fraction of sp³-hybridized carbons (Fsp3) is 0.429. The van der Waals surface area contributed by atoms with E-state index in [0.717, 1.165) is 16.7 Å². The maximum absolute atomic E-state index is 12.7. The van der Waals surface area contributed by atoms with E-state index in [0.29, 0.717) is 25.9 Å². The molecule has 1 fully saturated rings. The van der Waals surface area contributed by atoms with Crippen molar-refractivity contribution >= 4 is 15.9 Å². The lowest BCUT2D eigenvalue weighted by molar-refractivity contribution is -0.126. The Morgan fingerprint density at radius 3 is 2.57 bits per heavy atom. The molecule has 1 aliphatic rings. The lowest BCUT2D eigenvalue weighted by Gasteiger charge is -2.31. The number of aryl methyl sites for hydroxylation is 2. The minimum absolute atomic E-state index is 0.00756. The van der Waals surface area contributed by atoms with E-state index in [1.165, 1.54) is 10.5 Å². The molecule has 2 aromatic rings. The van der Waals surface area contributed by atoms with Crippen LogP contribution in [-0.2, 0) is 14.8 Å². The minimum atomic E-state index is -3.55. The first-order valence-corrected chi connectivity index (χ1v) is 11.0. The van der Waals surface area contributed by atoms with E-state index in [1.54, 1.807) is 18.3 Å². The van der Waals surface area contributed by atoms with Crippen molar-refractivity contribution in [1.82, 2.24) is 14.6 Å². The summed E-state index contributed by atoms with van der Waals surface area (Å²) < 4.78 is 26.8. The highest BCUT2D eigenvalue weighted by Crippen LogP contribution is 2.25. The largest absolute Gasteiger partial charge is 0.349 e. The SMILES string of the molecule is Cc1ccc(C)c(C(C)NC(=O)C2CCN(S(=O)(=O)c3cccnc3)CC2)c1. The molecule has 1 unspecified atom stereocenters. The van der Waals surface area contributed by atoms with Crippen molar-refractivity contribution in [1.29, 1.82) is 0 Å². The van der Waals surface area contributed by atoms with Gasteiger partial charge in [0.1, 0.15) is 4.90 Å². The number of benzene rings is 1. The average Bonchev–Trinajstić information content (AvgIpc) is 2.70. The maximum atomic E-state index is 12.7. The van der Waals surface area contributed by atoms with Crippen molar-refractivity contribution in [3.8, 4) is 0 Å². The molecular formula is C21H27N3O3S. The highest BCUT2D eigenvalue weighted by atomic mass is 32.2. The van der Waals surface area contributed by atoms with E-state index < -0.39 is 10.0 Å². The molecule has 6 nitrogen and oxygen atoms in total. The van der Waals surface area contributed by atoms with Gasteiger partial charge in [-0.25, -0.2) is 8.42 Å². The molecule has 1 aliphatic heterocycles. The highest BCUT2D eigenvalue weighted by Gasteiger charge is 2.32. The molecule has 0 saturated carbocycles. The number of carbonyl (C=O) groups excluding carboxylic acids is 1. The Labute approximate surface area is 167 Å². The monoisotopic (exact) mass is 401 g/mol. The Morgan fingerprint density at radius 1 is 1.21 bits per heavy atom. The van der Waals surface area contributed by atoms with Crippen LogP contribution in [0.15, 0.2) is 47.6 Å². The van der Waals surface area contributed by atoms with Gasteiger partial charge in [-0.15, -0.1) is 0 Å². The standard InChI is InChI=1S/C21H27N3O3S/c1-15-6-7-16(2)20(13-15)17(3)23-21(25)18-8-11-24(12-9-18)28(26,27)19-5-4-10-22-14-19/h4-7,10,13-14,17-18H,8-9,11-12H2,1-3H3,(H,23,25). The number of pyridine rings is 1. The number of amides is 1. The second kappa shape index (κ2) is 8.41. The number of rotatable bonds is 5. The number of hydrogen-bond acceptors (Lipinski definition) is 4. The van der Waals surface area contributed by atoms with Crippen LogP contribution in [0.1, 0.15) is 42.5 Å². The van der Waals surface area contributed by atoms with Crippen molar-refractivity contribution in [2.24, 2.45) is 5.92 Å². The van der Waals surface area contributed by atoms with Crippen LogP contribution >= 0.6 is 0 Å². The number of hydrogen-bond donors (Lipinski definition) is 1. The number of nitrogens with zero attached hydrogens (tertiary/aromatic N) is 2. The number of nitrogens with one attached hydrogen (secondary N) is 1. The van der Waals surface area contributed by atoms with E-state index in [-0.39, 0.29) is 22.8 Å². The van der Waals surface area contributed by atoms with Crippen LogP contribution in [0.3, 0.4) is 0 Å². The summed E-state index contributed by atoms with van der Waals surface area (Å²) >= 11 is 0. The fourth-order valence-electron chi connectivity index (χ4n) is 3.64. The summed E-state index contributed by atoms with van der Waals surface area (Å²) in [6, 6.07) is 9.31. The second-order valence-electron chi connectivity index (χ2n) is 7.46. The first-order valence-electron chi connectivity index (χ1n) is 9.56. The van der Waals surface area contributed by atoms with E-state index in [4.69, 9.17) is 0 Å². The first-order chi connectivity index (χ1) is 13.3. The summed E-state index contributed by atoms with van der Waals surface area (Å²) in [5, 5.41) is 3.10. The Balaban J connectivity index is 1.60. The van der Waals surface area contributed by atoms with Crippen molar-refractivity contribution < 1.29 is 13.2 Å². The summed E-state index contributed by atoms with van der Waals surface area (Å²) in [4.78, 5) is 16.8. The van der Waals surface area contributed by atoms with Gasteiger partial charge in [0.05, 0.1) is 6.04 Å². The Kier molecular flexibility index (Phi) is 6.15. The molecule has 0 spiro atoms. The van der Waals surface area contributed by atoms with Crippen LogP contribution in [0.25, 0.3) is 0 Å². The van der Waals surface area contributed by atoms with Gasteiger partial charge < -0.3 is 5.32 Å². The molecule has 1 N–H and O–H groups in total.